The molecule has 2 amide bonds. The van der Waals surface area contributed by atoms with E-state index in [1.54, 1.807) is 4.90 Å². The van der Waals surface area contributed by atoms with Crippen LogP contribution in [-0.2, 0) is 6.61 Å². The Morgan fingerprint density at radius 3 is 2.49 bits per heavy atom. The van der Waals surface area contributed by atoms with E-state index in [4.69, 9.17) is 16.3 Å². The maximum absolute atomic E-state index is 14.1. The molecule has 0 radical (unpaired) electrons. The van der Waals surface area contributed by atoms with Crippen molar-refractivity contribution in [2.24, 2.45) is 0 Å². The third-order valence-corrected chi connectivity index (χ3v) is 8.85. The number of amides is 2. The third-order valence-electron chi connectivity index (χ3n) is 8.48. The molecule has 1 aliphatic heterocycles. The molecule has 45 heavy (non-hydrogen) atoms. The number of ether oxygens (including phenoxy) is 1. The third kappa shape index (κ3) is 4.80. The standard InChI is InChI=1S/C36H28ClN5O3/c37-18-24-19-42(31-17-32(34-26(33(24)31)12-13-38-34)45-20-21-6-2-1-3-7-21)36(44)30-16-23-14-25(10-11-28(23)41-30)39-35(43)29-15-22-8-4-5-9-27(22)40-29/h1-17,24,38,40-41H,18-20H2,(H,39,43)/t24-/m0/s1. The summed E-state index contributed by atoms with van der Waals surface area (Å²) in [5, 5.41) is 5.75. The summed E-state index contributed by atoms with van der Waals surface area (Å²) in [4.78, 5) is 38.6. The van der Waals surface area contributed by atoms with E-state index in [-0.39, 0.29) is 17.7 Å². The second-order valence-corrected chi connectivity index (χ2v) is 11.6. The van der Waals surface area contributed by atoms with Crippen molar-refractivity contribution in [3.8, 4) is 5.75 Å². The summed E-state index contributed by atoms with van der Waals surface area (Å²) in [5.41, 5.74) is 7.04. The molecular formula is C36H28ClN5O3. The van der Waals surface area contributed by atoms with Crippen LogP contribution in [0.1, 0.15) is 38.0 Å². The number of rotatable bonds is 7. The minimum Gasteiger partial charge on any atom is -0.487 e. The molecule has 4 N–H and O–H groups in total. The van der Waals surface area contributed by atoms with Crippen LogP contribution < -0.4 is 15.0 Å². The first-order valence-electron chi connectivity index (χ1n) is 14.8. The number of carbonyl (C=O) groups excluding carboxylic acids is 2. The van der Waals surface area contributed by atoms with E-state index in [0.717, 1.165) is 49.5 Å². The number of aromatic amines is 3. The predicted octanol–water partition coefficient (Wildman–Crippen LogP) is 7.94. The highest BCUT2D eigenvalue weighted by atomic mass is 35.5. The Morgan fingerprint density at radius 1 is 0.867 bits per heavy atom. The molecule has 9 heteroatoms. The van der Waals surface area contributed by atoms with Crippen LogP contribution in [0.15, 0.2) is 103 Å². The molecule has 1 aliphatic rings. The molecule has 4 aromatic carbocycles. The molecule has 1 atom stereocenters. The number of alkyl halides is 1. The lowest BCUT2D eigenvalue weighted by molar-refractivity contribution is 0.0982. The fourth-order valence-corrected chi connectivity index (χ4v) is 6.56. The average Bonchev–Trinajstić information content (AvgIpc) is 3.87. The number of carbonyl (C=O) groups is 2. The van der Waals surface area contributed by atoms with Gasteiger partial charge in [0, 0.05) is 63.5 Å². The number of halogens is 1. The van der Waals surface area contributed by atoms with E-state index in [2.05, 4.69) is 20.3 Å². The highest BCUT2D eigenvalue weighted by molar-refractivity contribution is 6.19. The van der Waals surface area contributed by atoms with Gasteiger partial charge >= 0.3 is 0 Å². The van der Waals surface area contributed by atoms with Gasteiger partial charge in [0.05, 0.1) is 11.2 Å². The van der Waals surface area contributed by atoms with Crippen molar-refractivity contribution in [3.05, 3.63) is 126 Å². The van der Waals surface area contributed by atoms with E-state index in [9.17, 15) is 9.59 Å². The second kappa shape index (κ2) is 10.9. The van der Waals surface area contributed by atoms with Crippen LogP contribution in [0.2, 0.25) is 0 Å². The number of H-pyrrole nitrogens is 3. The Hall–Kier alpha value is -5.47. The molecule has 0 fully saturated rings. The molecule has 3 aromatic heterocycles. The molecule has 8 nitrogen and oxygen atoms in total. The predicted molar refractivity (Wildman–Crippen MR) is 179 cm³/mol. The maximum Gasteiger partial charge on any atom is 0.274 e. The van der Waals surface area contributed by atoms with E-state index in [1.165, 1.54) is 0 Å². The van der Waals surface area contributed by atoms with Crippen LogP contribution in [0.3, 0.4) is 0 Å². The first-order valence-corrected chi connectivity index (χ1v) is 15.3. The zero-order valence-corrected chi connectivity index (χ0v) is 24.8. The average molecular weight is 614 g/mol. The van der Waals surface area contributed by atoms with Gasteiger partial charge in [-0.05, 0) is 53.6 Å². The number of para-hydroxylation sites is 1. The topological polar surface area (TPSA) is 106 Å². The number of fused-ring (bicyclic) bond motifs is 5. The van der Waals surface area contributed by atoms with Crippen LogP contribution >= 0.6 is 11.6 Å². The van der Waals surface area contributed by atoms with Crippen molar-refractivity contribution in [3.63, 3.8) is 0 Å². The lowest BCUT2D eigenvalue weighted by atomic mass is 9.99. The summed E-state index contributed by atoms with van der Waals surface area (Å²) in [6.07, 6.45) is 1.89. The molecule has 8 rings (SSSR count). The number of hydrogen-bond acceptors (Lipinski definition) is 3. The zero-order chi connectivity index (χ0) is 30.5. The van der Waals surface area contributed by atoms with Gasteiger partial charge in [-0.15, -0.1) is 11.6 Å². The molecule has 0 saturated carbocycles. The van der Waals surface area contributed by atoms with Crippen molar-refractivity contribution in [2.75, 3.05) is 22.6 Å². The fourth-order valence-electron chi connectivity index (χ4n) is 6.30. The van der Waals surface area contributed by atoms with Gasteiger partial charge in [-0.25, -0.2) is 0 Å². The summed E-state index contributed by atoms with van der Waals surface area (Å²) in [5.74, 6) is 0.639. The summed E-state index contributed by atoms with van der Waals surface area (Å²) in [7, 11) is 0. The van der Waals surface area contributed by atoms with Crippen molar-refractivity contribution in [2.45, 2.75) is 12.5 Å². The first kappa shape index (κ1) is 27.1. The van der Waals surface area contributed by atoms with Crippen LogP contribution in [-0.4, -0.2) is 39.2 Å². The minimum atomic E-state index is -0.237. The van der Waals surface area contributed by atoms with Gasteiger partial charge in [0.1, 0.15) is 23.7 Å². The number of nitrogens with one attached hydrogen (secondary N) is 4. The van der Waals surface area contributed by atoms with Gasteiger partial charge in [-0.1, -0.05) is 48.5 Å². The Labute approximate surface area is 263 Å². The van der Waals surface area contributed by atoms with Gasteiger partial charge in [0.15, 0.2) is 0 Å². The van der Waals surface area contributed by atoms with Gasteiger partial charge in [-0.3, -0.25) is 9.59 Å². The van der Waals surface area contributed by atoms with Crippen LogP contribution in [0, 0.1) is 0 Å². The molecule has 4 heterocycles. The van der Waals surface area contributed by atoms with Gasteiger partial charge < -0.3 is 29.9 Å². The second-order valence-electron chi connectivity index (χ2n) is 11.3. The highest BCUT2D eigenvalue weighted by Crippen LogP contribution is 2.46. The molecule has 0 aliphatic carbocycles. The zero-order valence-electron chi connectivity index (χ0n) is 24.1. The summed E-state index contributed by atoms with van der Waals surface area (Å²) in [6, 6.07) is 30.9. The van der Waals surface area contributed by atoms with Crippen LogP contribution in [0.5, 0.6) is 5.75 Å². The number of anilines is 2. The van der Waals surface area contributed by atoms with Crippen LogP contribution in [0.4, 0.5) is 11.4 Å². The fraction of sp³-hybridized carbons (Fsp3) is 0.111. The Balaban J connectivity index is 1.08. The summed E-state index contributed by atoms with van der Waals surface area (Å²) in [6.45, 7) is 0.864. The quantitative estimate of drug-likeness (QED) is 0.137. The number of nitrogens with zero attached hydrogens (tertiary/aromatic N) is 1. The first-order chi connectivity index (χ1) is 22.1. The molecule has 0 bridgehead atoms. The molecule has 0 spiro atoms. The molecular weight excluding hydrogens is 586 g/mol. The molecule has 0 saturated heterocycles. The van der Waals surface area contributed by atoms with Crippen molar-refractivity contribution >= 4 is 67.5 Å². The Kier molecular flexibility index (Phi) is 6.57. The van der Waals surface area contributed by atoms with E-state index in [1.807, 2.05) is 103 Å². The smallest absolute Gasteiger partial charge is 0.274 e. The molecule has 222 valence electrons. The van der Waals surface area contributed by atoms with Crippen molar-refractivity contribution < 1.29 is 14.3 Å². The SMILES string of the molecule is O=C(Nc1ccc2[nH]c(C(=O)N3C[C@H](CCl)c4c3cc(OCc3ccccc3)c3[nH]ccc43)cc2c1)c1cc2ccccc2[nH]1. The van der Waals surface area contributed by atoms with E-state index < -0.39 is 0 Å². The monoisotopic (exact) mass is 613 g/mol. The normalized spacial score (nSPS) is 14.3. The highest BCUT2D eigenvalue weighted by Gasteiger charge is 2.36. The van der Waals surface area contributed by atoms with Gasteiger partial charge in [-0.2, -0.15) is 0 Å². The number of benzene rings is 4. The molecule has 0 unspecified atom stereocenters. The Morgan fingerprint density at radius 2 is 1.64 bits per heavy atom. The lowest BCUT2D eigenvalue weighted by Gasteiger charge is -2.18. The van der Waals surface area contributed by atoms with E-state index in [0.29, 0.717) is 41.9 Å². The van der Waals surface area contributed by atoms with Crippen molar-refractivity contribution in [1.29, 1.82) is 0 Å². The largest absolute Gasteiger partial charge is 0.487 e. The molecule has 7 aromatic rings. The Bertz CT molecular complexity index is 2200. The van der Waals surface area contributed by atoms with Crippen molar-refractivity contribution in [1.82, 2.24) is 15.0 Å². The number of hydrogen-bond donors (Lipinski definition) is 4. The van der Waals surface area contributed by atoms with Crippen LogP contribution in [0.25, 0.3) is 32.7 Å². The van der Waals surface area contributed by atoms with Gasteiger partial charge in [0.2, 0.25) is 0 Å². The minimum absolute atomic E-state index is 0.0251. The lowest BCUT2D eigenvalue weighted by Crippen LogP contribution is -2.30. The summed E-state index contributed by atoms with van der Waals surface area (Å²) < 4.78 is 6.29. The number of aromatic nitrogens is 3. The maximum atomic E-state index is 14.1. The summed E-state index contributed by atoms with van der Waals surface area (Å²) >= 11 is 6.47. The van der Waals surface area contributed by atoms with E-state index >= 15 is 0 Å². The van der Waals surface area contributed by atoms with Gasteiger partial charge in [0.25, 0.3) is 11.8 Å².